The number of carbonyl (C=O) groups is 2. The van der Waals surface area contributed by atoms with Crippen molar-refractivity contribution in [3.63, 3.8) is 0 Å². The minimum atomic E-state index is -4.47. The zero-order valence-corrected chi connectivity index (χ0v) is 16.9. The number of alkyl halides is 3. The van der Waals surface area contributed by atoms with Gasteiger partial charge in [-0.2, -0.15) is 13.2 Å². The first-order valence-corrected chi connectivity index (χ1v) is 9.68. The number of nitrogens with zero attached hydrogens (tertiary/aromatic N) is 4. The van der Waals surface area contributed by atoms with Crippen molar-refractivity contribution in [2.24, 2.45) is 5.73 Å². The molecule has 0 bridgehead atoms. The number of hydrogen-bond acceptors (Lipinski definition) is 5. The van der Waals surface area contributed by atoms with Crippen LogP contribution in [0.4, 0.5) is 29.5 Å². The highest BCUT2D eigenvalue weighted by Gasteiger charge is 2.31. The molecule has 1 fully saturated rings. The number of carbonyl (C=O) groups excluding carboxylic acids is 2. The molecule has 0 unspecified atom stereocenters. The number of anilines is 2. The number of nitrogens with one attached hydrogen (secondary N) is 1. The van der Waals surface area contributed by atoms with Gasteiger partial charge in [0.1, 0.15) is 5.82 Å². The van der Waals surface area contributed by atoms with Crippen LogP contribution in [0.25, 0.3) is 0 Å². The van der Waals surface area contributed by atoms with Crippen LogP contribution in [0.1, 0.15) is 24.1 Å². The second-order valence-corrected chi connectivity index (χ2v) is 7.35. The van der Waals surface area contributed by atoms with E-state index < -0.39 is 23.7 Å². The smallest absolute Gasteiger partial charge is 0.369 e. The summed E-state index contributed by atoms with van der Waals surface area (Å²) in [5.41, 5.74) is 4.92. The summed E-state index contributed by atoms with van der Waals surface area (Å²) in [6.45, 7) is 1.27. The Hall–Kier alpha value is -3.37. The van der Waals surface area contributed by atoms with Crippen LogP contribution in [-0.4, -0.2) is 53.0 Å². The summed E-state index contributed by atoms with van der Waals surface area (Å²) in [5.74, 6) is 0.192. The monoisotopic (exact) mass is 436 g/mol. The number of rotatable bonds is 5. The molecule has 2 heterocycles. The van der Waals surface area contributed by atoms with Crippen molar-refractivity contribution in [2.45, 2.75) is 31.5 Å². The van der Waals surface area contributed by atoms with E-state index in [1.807, 2.05) is 4.90 Å². The van der Waals surface area contributed by atoms with E-state index in [0.717, 1.165) is 12.1 Å². The molecule has 166 valence electrons. The lowest BCUT2D eigenvalue weighted by Crippen LogP contribution is -2.47. The molecule has 2 aromatic rings. The molecule has 1 saturated heterocycles. The lowest BCUT2D eigenvalue weighted by atomic mass is 10.0. The molecule has 1 aromatic carbocycles. The molecular formula is C20H23F3N6O2. The topological polar surface area (TPSA) is 104 Å². The van der Waals surface area contributed by atoms with Crippen molar-refractivity contribution in [1.82, 2.24) is 14.9 Å². The third kappa shape index (κ3) is 5.83. The summed E-state index contributed by atoms with van der Waals surface area (Å²) in [7, 11) is 1.63. The highest BCUT2D eigenvalue weighted by Crippen LogP contribution is 2.30. The molecule has 0 aliphatic carbocycles. The van der Waals surface area contributed by atoms with Crippen molar-refractivity contribution in [1.29, 1.82) is 0 Å². The molecule has 3 N–H and O–H groups in total. The first-order valence-electron chi connectivity index (χ1n) is 9.68. The molecule has 1 aromatic heterocycles. The highest BCUT2D eigenvalue weighted by atomic mass is 19.4. The molecule has 0 saturated carbocycles. The standard InChI is InChI=1S/C20H23F3N6O2/c1-28(19(31)27-14-4-2-3-13(9-14)20(21,22)23)16-5-7-29(8-6-16)18-12-25-15(11-26-18)10-17(24)30/h2-4,9,11-12,16H,5-8,10H2,1H3,(H2,24,30)(H,27,31). The van der Waals surface area contributed by atoms with Gasteiger partial charge in [-0.15, -0.1) is 0 Å². The summed E-state index contributed by atoms with van der Waals surface area (Å²) in [4.78, 5) is 35.5. The van der Waals surface area contributed by atoms with Gasteiger partial charge in [-0.3, -0.25) is 9.78 Å². The van der Waals surface area contributed by atoms with E-state index in [1.165, 1.54) is 23.2 Å². The van der Waals surface area contributed by atoms with E-state index in [4.69, 9.17) is 5.73 Å². The third-order valence-corrected chi connectivity index (χ3v) is 5.14. The average Bonchev–Trinajstić information content (AvgIpc) is 2.73. The number of urea groups is 1. The second kappa shape index (κ2) is 9.19. The Balaban J connectivity index is 1.54. The predicted molar refractivity (Wildman–Crippen MR) is 108 cm³/mol. The van der Waals surface area contributed by atoms with Crippen LogP contribution >= 0.6 is 0 Å². The van der Waals surface area contributed by atoms with Gasteiger partial charge in [-0.1, -0.05) is 6.07 Å². The van der Waals surface area contributed by atoms with E-state index >= 15 is 0 Å². The van der Waals surface area contributed by atoms with E-state index in [0.29, 0.717) is 37.4 Å². The fraction of sp³-hybridized carbons (Fsp3) is 0.400. The SMILES string of the molecule is CN(C(=O)Nc1cccc(C(F)(F)F)c1)C1CCN(c2cnc(CC(N)=O)cn2)CC1. The van der Waals surface area contributed by atoms with Crippen LogP contribution in [-0.2, 0) is 17.4 Å². The molecule has 8 nitrogen and oxygen atoms in total. The molecule has 0 atom stereocenters. The van der Waals surface area contributed by atoms with E-state index in [2.05, 4.69) is 15.3 Å². The first kappa shape index (κ1) is 22.3. The molecule has 0 radical (unpaired) electrons. The first-order chi connectivity index (χ1) is 14.6. The van der Waals surface area contributed by atoms with Gasteiger partial charge in [0, 0.05) is 31.9 Å². The van der Waals surface area contributed by atoms with Crippen LogP contribution in [0.3, 0.4) is 0 Å². The largest absolute Gasteiger partial charge is 0.416 e. The molecule has 31 heavy (non-hydrogen) atoms. The maximum absolute atomic E-state index is 12.9. The normalized spacial score (nSPS) is 14.9. The van der Waals surface area contributed by atoms with Crippen LogP contribution in [0.15, 0.2) is 36.7 Å². The number of aromatic nitrogens is 2. The van der Waals surface area contributed by atoms with Crippen molar-refractivity contribution in [3.05, 3.63) is 47.9 Å². The number of piperidine rings is 1. The number of halogens is 3. The van der Waals surface area contributed by atoms with Crippen LogP contribution < -0.4 is 16.0 Å². The summed E-state index contributed by atoms with van der Waals surface area (Å²) < 4.78 is 38.6. The zero-order chi connectivity index (χ0) is 22.6. The Morgan fingerprint density at radius 2 is 1.94 bits per heavy atom. The average molecular weight is 436 g/mol. The van der Waals surface area contributed by atoms with Crippen LogP contribution in [0, 0.1) is 0 Å². The molecule has 3 amide bonds. The molecule has 1 aliphatic heterocycles. The van der Waals surface area contributed by atoms with E-state index in [-0.39, 0.29) is 18.2 Å². The van der Waals surface area contributed by atoms with E-state index in [1.54, 1.807) is 13.2 Å². The Morgan fingerprint density at radius 3 is 2.52 bits per heavy atom. The van der Waals surface area contributed by atoms with Crippen LogP contribution in [0.2, 0.25) is 0 Å². The lowest BCUT2D eigenvalue weighted by molar-refractivity contribution is -0.137. The quantitative estimate of drug-likeness (QED) is 0.750. The fourth-order valence-corrected chi connectivity index (χ4v) is 3.41. The maximum atomic E-state index is 12.9. The summed E-state index contributed by atoms with van der Waals surface area (Å²) >= 11 is 0. The van der Waals surface area contributed by atoms with Gasteiger partial charge in [0.2, 0.25) is 5.91 Å². The van der Waals surface area contributed by atoms with Crippen molar-refractivity contribution < 1.29 is 22.8 Å². The molecule has 3 rings (SSSR count). The summed E-state index contributed by atoms with van der Waals surface area (Å²) in [6, 6.07) is 4.02. The Morgan fingerprint density at radius 1 is 1.23 bits per heavy atom. The Labute approximate surface area is 177 Å². The van der Waals surface area contributed by atoms with Crippen molar-refractivity contribution in [3.8, 4) is 0 Å². The number of primary amides is 1. The Kier molecular flexibility index (Phi) is 6.62. The van der Waals surface area contributed by atoms with Gasteiger partial charge in [0.15, 0.2) is 0 Å². The molecule has 1 aliphatic rings. The number of hydrogen-bond donors (Lipinski definition) is 2. The third-order valence-electron chi connectivity index (χ3n) is 5.14. The predicted octanol–water partition coefficient (Wildman–Crippen LogP) is 2.66. The van der Waals surface area contributed by atoms with Gasteiger partial charge >= 0.3 is 12.2 Å². The number of amides is 3. The molecule has 11 heteroatoms. The minimum Gasteiger partial charge on any atom is -0.369 e. The van der Waals surface area contributed by atoms with Gasteiger partial charge in [0.25, 0.3) is 0 Å². The van der Waals surface area contributed by atoms with Gasteiger partial charge in [0.05, 0.1) is 30.1 Å². The maximum Gasteiger partial charge on any atom is 0.416 e. The molecular weight excluding hydrogens is 413 g/mol. The fourth-order valence-electron chi connectivity index (χ4n) is 3.41. The van der Waals surface area contributed by atoms with Gasteiger partial charge in [-0.25, -0.2) is 9.78 Å². The van der Waals surface area contributed by atoms with Crippen molar-refractivity contribution in [2.75, 3.05) is 30.4 Å². The second-order valence-electron chi connectivity index (χ2n) is 7.35. The van der Waals surface area contributed by atoms with Gasteiger partial charge in [-0.05, 0) is 31.0 Å². The highest BCUT2D eigenvalue weighted by molar-refractivity contribution is 5.89. The lowest BCUT2D eigenvalue weighted by Gasteiger charge is -2.37. The Bertz CT molecular complexity index is 927. The van der Waals surface area contributed by atoms with E-state index in [9.17, 15) is 22.8 Å². The number of benzene rings is 1. The summed E-state index contributed by atoms with van der Waals surface area (Å²) in [5, 5.41) is 2.53. The number of nitrogens with two attached hydrogens (primary N) is 1. The van der Waals surface area contributed by atoms with Gasteiger partial charge < -0.3 is 20.9 Å². The minimum absolute atomic E-state index is 0.0289. The van der Waals surface area contributed by atoms with Crippen LogP contribution in [0.5, 0.6) is 0 Å². The zero-order valence-electron chi connectivity index (χ0n) is 16.9. The van der Waals surface area contributed by atoms with Crippen molar-refractivity contribution >= 4 is 23.4 Å². The molecule has 0 spiro atoms. The summed E-state index contributed by atoms with van der Waals surface area (Å²) in [6.07, 6.45) is -0.0144.